The van der Waals surface area contributed by atoms with Crippen LogP contribution in [0.25, 0.3) is 0 Å². The number of hydrogen-bond donors (Lipinski definition) is 1. The molecule has 1 atom stereocenters. The first-order valence-corrected chi connectivity index (χ1v) is 8.19. The van der Waals surface area contributed by atoms with Crippen LogP contribution < -0.4 is 10.0 Å². The third-order valence-corrected chi connectivity index (χ3v) is 5.42. The number of primary sulfonamides is 1. The van der Waals surface area contributed by atoms with Gasteiger partial charge in [-0.1, -0.05) is 22.0 Å². The van der Waals surface area contributed by atoms with E-state index in [9.17, 15) is 13.2 Å². The molecule has 0 aliphatic carbocycles. The first-order chi connectivity index (χ1) is 8.70. The summed E-state index contributed by atoms with van der Waals surface area (Å²) < 4.78 is 23.6. The summed E-state index contributed by atoms with van der Waals surface area (Å²) in [5, 5.41) is 4.30. The van der Waals surface area contributed by atoms with Gasteiger partial charge < -0.3 is 4.90 Å². The van der Waals surface area contributed by atoms with E-state index in [0.29, 0.717) is 0 Å². The van der Waals surface area contributed by atoms with Crippen molar-refractivity contribution < 1.29 is 13.2 Å². The lowest BCUT2D eigenvalue weighted by Crippen LogP contribution is -2.32. The van der Waals surface area contributed by atoms with E-state index in [1.165, 1.54) is 4.90 Å². The number of aryl methyl sites for hydroxylation is 2. The summed E-state index contributed by atoms with van der Waals surface area (Å²) in [6.45, 7) is 3.97. The predicted molar refractivity (Wildman–Crippen MR) is 77.5 cm³/mol. The van der Waals surface area contributed by atoms with Crippen molar-refractivity contribution in [2.75, 3.05) is 11.4 Å². The highest BCUT2D eigenvalue weighted by molar-refractivity contribution is 9.10. The number of carbonyl (C=O) groups is 1. The average Bonchev–Trinajstić information content (AvgIpc) is 2.65. The molecule has 1 aromatic rings. The average molecular weight is 347 g/mol. The van der Waals surface area contributed by atoms with Gasteiger partial charge in [-0.15, -0.1) is 0 Å². The molecule has 2 N–H and O–H groups in total. The number of carbonyl (C=O) groups excluding carboxylic acids is 1. The van der Waals surface area contributed by atoms with Crippen molar-refractivity contribution in [1.82, 2.24) is 0 Å². The molecular formula is C12H15BrN2O3S. The van der Waals surface area contributed by atoms with Crippen molar-refractivity contribution in [3.63, 3.8) is 0 Å². The molecule has 5 nitrogen and oxygen atoms in total. The van der Waals surface area contributed by atoms with Gasteiger partial charge in [-0.05, 0) is 31.0 Å². The Morgan fingerprint density at radius 1 is 1.32 bits per heavy atom. The number of anilines is 1. The van der Waals surface area contributed by atoms with Crippen molar-refractivity contribution in [2.24, 2.45) is 5.14 Å². The zero-order valence-corrected chi connectivity index (χ0v) is 13.1. The second kappa shape index (κ2) is 4.88. The van der Waals surface area contributed by atoms with Crippen LogP contribution in [0.2, 0.25) is 0 Å². The highest BCUT2D eigenvalue weighted by Gasteiger charge is 2.37. The largest absolute Gasteiger partial charge is 0.311 e. The Kier molecular flexibility index (Phi) is 3.72. The number of amides is 1. The molecule has 7 heteroatoms. The lowest BCUT2D eigenvalue weighted by Gasteiger charge is -2.20. The summed E-state index contributed by atoms with van der Waals surface area (Å²) in [5.41, 5.74) is 2.73. The van der Waals surface area contributed by atoms with E-state index in [-0.39, 0.29) is 18.9 Å². The molecule has 0 spiro atoms. The number of sulfonamides is 1. The van der Waals surface area contributed by atoms with Crippen molar-refractivity contribution in [3.05, 3.63) is 27.7 Å². The topological polar surface area (TPSA) is 80.5 Å². The minimum absolute atomic E-state index is 0.0518. The zero-order chi connectivity index (χ0) is 14.4. The van der Waals surface area contributed by atoms with Gasteiger partial charge in [0.1, 0.15) is 5.25 Å². The van der Waals surface area contributed by atoms with Gasteiger partial charge in [-0.3, -0.25) is 4.79 Å². The van der Waals surface area contributed by atoms with E-state index in [4.69, 9.17) is 5.14 Å². The van der Waals surface area contributed by atoms with Crippen LogP contribution in [0.1, 0.15) is 17.5 Å². The Balaban J connectivity index is 2.39. The van der Waals surface area contributed by atoms with Crippen molar-refractivity contribution in [1.29, 1.82) is 0 Å². The maximum atomic E-state index is 12.0. The smallest absolute Gasteiger partial charge is 0.228 e. The van der Waals surface area contributed by atoms with E-state index in [0.717, 1.165) is 21.3 Å². The highest BCUT2D eigenvalue weighted by atomic mass is 79.9. The van der Waals surface area contributed by atoms with Crippen LogP contribution >= 0.6 is 15.9 Å². The fourth-order valence-electron chi connectivity index (χ4n) is 2.23. The minimum atomic E-state index is -3.68. The first-order valence-electron chi connectivity index (χ1n) is 5.79. The molecule has 1 fully saturated rings. The third-order valence-electron chi connectivity index (χ3n) is 3.32. The number of rotatable bonds is 2. The van der Waals surface area contributed by atoms with Gasteiger partial charge in [0.15, 0.2) is 0 Å². The van der Waals surface area contributed by atoms with E-state index >= 15 is 0 Å². The Hall–Kier alpha value is -0.920. The number of halogens is 1. The fraction of sp³-hybridized carbons (Fsp3) is 0.417. The summed E-state index contributed by atoms with van der Waals surface area (Å²) >= 11 is 3.42. The van der Waals surface area contributed by atoms with Gasteiger partial charge in [0.2, 0.25) is 15.9 Å². The normalized spacial score (nSPS) is 20.1. The number of nitrogens with zero attached hydrogens (tertiary/aromatic N) is 1. The standard InChI is InChI=1S/C12H15BrN2O3S/c1-7-3-8(2)11(5-10(7)13)15-6-9(4-12(15)16)19(14,17)18/h3,5,9H,4,6H2,1-2H3,(H2,14,17,18). The molecule has 1 unspecified atom stereocenters. The Morgan fingerprint density at radius 3 is 2.47 bits per heavy atom. The Morgan fingerprint density at radius 2 is 1.95 bits per heavy atom. The van der Waals surface area contributed by atoms with Gasteiger partial charge in [-0.25, -0.2) is 13.6 Å². The Bertz CT molecular complexity index is 643. The molecule has 1 amide bonds. The first kappa shape index (κ1) is 14.5. The molecule has 19 heavy (non-hydrogen) atoms. The summed E-state index contributed by atoms with van der Waals surface area (Å²) in [7, 11) is -3.68. The summed E-state index contributed by atoms with van der Waals surface area (Å²) in [5.74, 6) is -0.210. The van der Waals surface area contributed by atoms with Gasteiger partial charge in [0, 0.05) is 23.1 Å². The lowest BCUT2D eigenvalue weighted by molar-refractivity contribution is -0.117. The maximum Gasteiger partial charge on any atom is 0.228 e. The minimum Gasteiger partial charge on any atom is -0.311 e. The monoisotopic (exact) mass is 346 g/mol. The van der Waals surface area contributed by atoms with Crippen LogP contribution in [0.5, 0.6) is 0 Å². The Labute approximate surface area is 121 Å². The number of nitrogens with two attached hydrogens (primary N) is 1. The maximum absolute atomic E-state index is 12.0. The third kappa shape index (κ3) is 2.82. The van der Waals surface area contributed by atoms with Crippen molar-refractivity contribution >= 4 is 37.5 Å². The molecule has 1 heterocycles. The van der Waals surface area contributed by atoms with Crippen LogP contribution in [0.4, 0.5) is 5.69 Å². The van der Waals surface area contributed by atoms with Gasteiger partial charge in [-0.2, -0.15) is 0 Å². The predicted octanol–water partition coefficient (Wildman–Crippen LogP) is 1.46. The van der Waals surface area contributed by atoms with E-state index in [1.54, 1.807) is 0 Å². The van der Waals surface area contributed by atoms with Crippen molar-refractivity contribution in [2.45, 2.75) is 25.5 Å². The summed E-state index contributed by atoms with van der Waals surface area (Å²) in [4.78, 5) is 13.5. The number of benzene rings is 1. The van der Waals surface area contributed by atoms with Crippen LogP contribution in [0.3, 0.4) is 0 Å². The van der Waals surface area contributed by atoms with Crippen LogP contribution in [0, 0.1) is 13.8 Å². The molecule has 1 aliphatic rings. The molecule has 0 aromatic heterocycles. The molecule has 0 radical (unpaired) electrons. The van der Waals surface area contributed by atoms with Crippen molar-refractivity contribution in [3.8, 4) is 0 Å². The molecule has 0 saturated carbocycles. The SMILES string of the molecule is Cc1cc(C)c(N2CC(S(N)(=O)=O)CC2=O)cc1Br. The van der Waals surface area contributed by atoms with E-state index in [2.05, 4.69) is 15.9 Å². The fourth-order valence-corrected chi connectivity index (χ4v) is 3.30. The molecule has 1 aromatic carbocycles. The van der Waals surface area contributed by atoms with Crippen LogP contribution in [-0.2, 0) is 14.8 Å². The van der Waals surface area contributed by atoms with Crippen LogP contribution in [-0.4, -0.2) is 26.1 Å². The highest BCUT2D eigenvalue weighted by Crippen LogP contribution is 2.31. The van der Waals surface area contributed by atoms with Crippen LogP contribution in [0.15, 0.2) is 16.6 Å². The summed E-state index contributed by atoms with van der Waals surface area (Å²) in [6, 6.07) is 3.80. The second-order valence-corrected chi connectivity index (χ2v) is 7.51. The zero-order valence-electron chi connectivity index (χ0n) is 10.7. The summed E-state index contributed by atoms with van der Waals surface area (Å²) in [6.07, 6.45) is -0.0518. The lowest BCUT2D eigenvalue weighted by atomic mass is 10.1. The van der Waals surface area contributed by atoms with Gasteiger partial charge in [0.25, 0.3) is 0 Å². The van der Waals surface area contributed by atoms with Gasteiger partial charge >= 0.3 is 0 Å². The van der Waals surface area contributed by atoms with E-state index in [1.807, 2.05) is 26.0 Å². The van der Waals surface area contributed by atoms with E-state index < -0.39 is 15.3 Å². The molecule has 104 valence electrons. The molecule has 0 bridgehead atoms. The quantitative estimate of drug-likeness (QED) is 0.880. The molecular weight excluding hydrogens is 332 g/mol. The number of hydrogen-bond acceptors (Lipinski definition) is 3. The molecule has 2 rings (SSSR count). The molecule has 1 aliphatic heterocycles. The molecule has 1 saturated heterocycles. The second-order valence-electron chi connectivity index (χ2n) is 4.81. The van der Waals surface area contributed by atoms with Gasteiger partial charge in [0.05, 0.1) is 0 Å².